The highest BCUT2D eigenvalue weighted by Crippen LogP contribution is 2.17. The van der Waals surface area contributed by atoms with Gasteiger partial charge in [0.05, 0.1) is 4.47 Å². The molecule has 1 atom stereocenters. The lowest BCUT2D eigenvalue weighted by Crippen LogP contribution is -2.19. The molecule has 0 aliphatic rings. The molecule has 0 saturated heterocycles. The van der Waals surface area contributed by atoms with Gasteiger partial charge in [-0.25, -0.2) is 9.97 Å². The van der Waals surface area contributed by atoms with Gasteiger partial charge >= 0.3 is 0 Å². The second-order valence-electron chi connectivity index (χ2n) is 3.99. The molecule has 0 spiro atoms. The molecule has 2 aromatic rings. The molecular formula is C12H14BrN3S. The molecule has 0 bridgehead atoms. The highest BCUT2D eigenvalue weighted by Gasteiger charge is 2.06. The number of aromatic nitrogens is 2. The quantitative estimate of drug-likeness (QED) is 0.936. The van der Waals surface area contributed by atoms with E-state index in [1.54, 1.807) is 12.4 Å². The lowest BCUT2D eigenvalue weighted by Gasteiger charge is -2.12. The first-order valence-electron chi connectivity index (χ1n) is 5.43. The summed E-state index contributed by atoms with van der Waals surface area (Å²) in [7, 11) is 0. The molecule has 1 unspecified atom stereocenters. The van der Waals surface area contributed by atoms with E-state index in [1.807, 2.05) is 11.3 Å². The molecule has 0 aliphatic heterocycles. The largest absolute Gasteiger partial charge is 0.351 e. The maximum Gasteiger partial charge on any atom is 0.222 e. The normalized spacial score (nSPS) is 12.4. The smallest absolute Gasteiger partial charge is 0.222 e. The fraction of sp³-hybridized carbons (Fsp3) is 0.333. The minimum Gasteiger partial charge on any atom is -0.351 e. The number of anilines is 1. The summed E-state index contributed by atoms with van der Waals surface area (Å²) in [6.07, 6.45) is 4.49. The van der Waals surface area contributed by atoms with Crippen molar-refractivity contribution in [1.82, 2.24) is 9.97 Å². The van der Waals surface area contributed by atoms with Crippen LogP contribution in [0.25, 0.3) is 0 Å². The van der Waals surface area contributed by atoms with Crippen LogP contribution in [0.5, 0.6) is 0 Å². The monoisotopic (exact) mass is 311 g/mol. The molecule has 1 N–H and O–H groups in total. The number of aryl methyl sites for hydroxylation is 1. The van der Waals surface area contributed by atoms with Crippen molar-refractivity contribution in [3.05, 3.63) is 38.8 Å². The van der Waals surface area contributed by atoms with Crippen LogP contribution < -0.4 is 5.32 Å². The topological polar surface area (TPSA) is 37.8 Å². The molecule has 0 aromatic carbocycles. The number of nitrogens with one attached hydrogen (secondary N) is 1. The lowest BCUT2D eigenvalue weighted by atomic mass is 10.2. The lowest BCUT2D eigenvalue weighted by molar-refractivity contribution is 0.786. The molecule has 0 fully saturated rings. The third-order valence-electron chi connectivity index (χ3n) is 2.30. The highest BCUT2D eigenvalue weighted by molar-refractivity contribution is 9.10. The van der Waals surface area contributed by atoms with Crippen LogP contribution in [0.2, 0.25) is 0 Å². The van der Waals surface area contributed by atoms with Crippen molar-refractivity contribution < 1.29 is 0 Å². The van der Waals surface area contributed by atoms with Gasteiger partial charge in [-0.05, 0) is 41.9 Å². The molecule has 0 amide bonds. The minimum absolute atomic E-state index is 0.328. The summed E-state index contributed by atoms with van der Waals surface area (Å²) in [5.41, 5.74) is 0. The standard InChI is InChI=1S/C12H14BrN3S/c1-8(5-11-4-3-9(2)17-11)16-12-14-6-10(13)7-15-12/h3-4,6-8H,5H2,1-2H3,(H,14,15,16). The Morgan fingerprint density at radius 2 is 2.06 bits per heavy atom. The van der Waals surface area contributed by atoms with Crippen molar-refractivity contribution in [2.24, 2.45) is 0 Å². The van der Waals surface area contributed by atoms with Gasteiger partial charge < -0.3 is 5.32 Å². The summed E-state index contributed by atoms with van der Waals surface area (Å²) < 4.78 is 0.893. The second kappa shape index (κ2) is 5.60. The molecule has 3 nitrogen and oxygen atoms in total. The van der Waals surface area contributed by atoms with E-state index in [0.29, 0.717) is 12.0 Å². The van der Waals surface area contributed by atoms with E-state index in [2.05, 4.69) is 57.2 Å². The van der Waals surface area contributed by atoms with Gasteiger partial charge in [0.15, 0.2) is 0 Å². The Morgan fingerprint density at radius 1 is 1.35 bits per heavy atom. The van der Waals surface area contributed by atoms with Crippen LogP contribution in [0.3, 0.4) is 0 Å². The predicted octanol–water partition coefficient (Wildman–Crippen LogP) is 3.65. The third kappa shape index (κ3) is 3.78. The number of nitrogens with zero attached hydrogens (tertiary/aromatic N) is 2. The minimum atomic E-state index is 0.328. The van der Waals surface area contributed by atoms with Crippen LogP contribution in [0, 0.1) is 6.92 Å². The Balaban J connectivity index is 1.93. The van der Waals surface area contributed by atoms with Crippen molar-refractivity contribution in [2.75, 3.05) is 5.32 Å². The van der Waals surface area contributed by atoms with Crippen LogP contribution in [-0.4, -0.2) is 16.0 Å². The molecule has 17 heavy (non-hydrogen) atoms. The molecule has 0 aliphatic carbocycles. The zero-order chi connectivity index (χ0) is 12.3. The van der Waals surface area contributed by atoms with E-state index in [9.17, 15) is 0 Å². The summed E-state index contributed by atoms with van der Waals surface area (Å²) in [4.78, 5) is 11.1. The van der Waals surface area contributed by atoms with Crippen LogP contribution in [-0.2, 0) is 6.42 Å². The molecule has 90 valence electrons. The molecule has 2 heterocycles. The summed E-state index contributed by atoms with van der Waals surface area (Å²) >= 11 is 5.16. The van der Waals surface area contributed by atoms with Gasteiger partial charge in [-0.15, -0.1) is 11.3 Å². The summed E-state index contributed by atoms with van der Waals surface area (Å²) in [6.45, 7) is 4.27. The Morgan fingerprint density at radius 3 is 2.65 bits per heavy atom. The Kier molecular flexibility index (Phi) is 4.12. The van der Waals surface area contributed by atoms with Crippen molar-refractivity contribution in [3.8, 4) is 0 Å². The molecule has 2 aromatic heterocycles. The fourth-order valence-corrected chi connectivity index (χ4v) is 2.78. The van der Waals surface area contributed by atoms with Crippen molar-refractivity contribution in [1.29, 1.82) is 0 Å². The van der Waals surface area contributed by atoms with Gasteiger partial charge in [-0.3, -0.25) is 0 Å². The van der Waals surface area contributed by atoms with Crippen molar-refractivity contribution >= 4 is 33.2 Å². The van der Waals surface area contributed by atoms with Gasteiger partial charge in [0, 0.05) is 34.6 Å². The molecule has 0 saturated carbocycles. The number of hydrogen-bond donors (Lipinski definition) is 1. The van der Waals surface area contributed by atoms with E-state index < -0.39 is 0 Å². The van der Waals surface area contributed by atoms with Crippen LogP contribution in [0.1, 0.15) is 16.7 Å². The fourth-order valence-electron chi connectivity index (χ4n) is 1.55. The summed E-state index contributed by atoms with van der Waals surface area (Å²) in [5, 5.41) is 3.29. The average molecular weight is 312 g/mol. The first-order valence-corrected chi connectivity index (χ1v) is 7.04. The van der Waals surface area contributed by atoms with Gasteiger partial charge in [-0.2, -0.15) is 0 Å². The van der Waals surface area contributed by atoms with Crippen LogP contribution >= 0.6 is 27.3 Å². The van der Waals surface area contributed by atoms with Crippen LogP contribution in [0.15, 0.2) is 29.0 Å². The van der Waals surface area contributed by atoms with Gasteiger partial charge in [-0.1, -0.05) is 0 Å². The maximum absolute atomic E-state index is 4.20. The highest BCUT2D eigenvalue weighted by atomic mass is 79.9. The number of thiophene rings is 1. The van der Waals surface area contributed by atoms with Gasteiger partial charge in [0.1, 0.15) is 0 Å². The Labute approximate surface area is 113 Å². The summed E-state index contributed by atoms with van der Waals surface area (Å²) in [5.74, 6) is 0.675. The van der Waals surface area contributed by atoms with Gasteiger partial charge in [0.2, 0.25) is 5.95 Å². The zero-order valence-corrected chi connectivity index (χ0v) is 12.2. The zero-order valence-electron chi connectivity index (χ0n) is 9.77. The third-order valence-corrected chi connectivity index (χ3v) is 3.73. The van der Waals surface area contributed by atoms with Crippen LogP contribution in [0.4, 0.5) is 5.95 Å². The Bertz CT molecular complexity index is 481. The molecular weight excluding hydrogens is 298 g/mol. The van der Waals surface area contributed by atoms with Crippen molar-refractivity contribution in [2.45, 2.75) is 26.3 Å². The molecule has 2 rings (SSSR count). The number of halogens is 1. The van der Waals surface area contributed by atoms with E-state index in [4.69, 9.17) is 0 Å². The number of rotatable bonds is 4. The second-order valence-corrected chi connectivity index (χ2v) is 6.27. The van der Waals surface area contributed by atoms with E-state index >= 15 is 0 Å². The molecule has 5 heteroatoms. The SMILES string of the molecule is Cc1ccc(CC(C)Nc2ncc(Br)cn2)s1. The maximum atomic E-state index is 4.20. The van der Waals surface area contributed by atoms with Gasteiger partial charge in [0.25, 0.3) is 0 Å². The predicted molar refractivity (Wildman–Crippen MR) is 75.6 cm³/mol. The summed E-state index contributed by atoms with van der Waals surface area (Å²) in [6, 6.07) is 4.66. The molecule has 0 radical (unpaired) electrons. The first kappa shape index (κ1) is 12.5. The Hall–Kier alpha value is -0.940. The first-order chi connectivity index (χ1) is 8.13. The van der Waals surface area contributed by atoms with E-state index in [1.165, 1.54) is 9.75 Å². The number of hydrogen-bond acceptors (Lipinski definition) is 4. The average Bonchev–Trinajstić information content (AvgIpc) is 2.67. The van der Waals surface area contributed by atoms with E-state index in [-0.39, 0.29) is 0 Å². The van der Waals surface area contributed by atoms with Crippen molar-refractivity contribution in [3.63, 3.8) is 0 Å². The van der Waals surface area contributed by atoms with E-state index in [0.717, 1.165) is 10.9 Å².